The summed E-state index contributed by atoms with van der Waals surface area (Å²) in [5.74, 6) is 1.24. The van der Waals surface area contributed by atoms with Crippen LogP contribution >= 0.6 is 0 Å². The van der Waals surface area contributed by atoms with Crippen LogP contribution in [-0.4, -0.2) is 39.7 Å². The number of carboxylic acid groups (broad SMARTS) is 1. The normalized spacial score (nSPS) is 19.9. The Hall–Kier alpha value is -2.70. The number of aliphatic carboxylic acids is 1. The first-order valence-corrected chi connectivity index (χ1v) is 10.8. The number of aromatic nitrogens is 3. The Morgan fingerprint density at radius 1 is 1.13 bits per heavy atom. The molecule has 0 bridgehead atoms. The summed E-state index contributed by atoms with van der Waals surface area (Å²) < 4.78 is 11.0. The van der Waals surface area contributed by atoms with E-state index in [4.69, 9.17) is 14.6 Å². The molecule has 0 saturated heterocycles. The fourth-order valence-corrected chi connectivity index (χ4v) is 3.42. The van der Waals surface area contributed by atoms with Crippen LogP contribution in [0, 0.1) is 5.92 Å². The van der Waals surface area contributed by atoms with E-state index in [9.17, 15) is 4.79 Å². The zero-order valence-electron chi connectivity index (χ0n) is 17.6. The number of rotatable bonds is 8. The molecule has 0 aromatic carbocycles. The predicted molar refractivity (Wildman–Crippen MR) is 113 cm³/mol. The average molecular weight is 414 g/mol. The maximum atomic E-state index is 10.7. The van der Waals surface area contributed by atoms with Gasteiger partial charge in [0.1, 0.15) is 0 Å². The molecule has 0 atom stereocenters. The van der Waals surface area contributed by atoms with Crippen LogP contribution in [-0.2, 0) is 11.2 Å². The summed E-state index contributed by atoms with van der Waals surface area (Å²) in [4.78, 5) is 23.6. The fourth-order valence-electron chi connectivity index (χ4n) is 3.42. The molecular formula is C23H31N3O4. The van der Waals surface area contributed by atoms with Gasteiger partial charge >= 0.3 is 5.97 Å². The van der Waals surface area contributed by atoms with Crippen molar-refractivity contribution in [3.63, 3.8) is 0 Å². The maximum absolute atomic E-state index is 10.7. The van der Waals surface area contributed by atoms with E-state index in [1.807, 2.05) is 18.3 Å². The molecule has 2 saturated carbocycles. The molecule has 2 aromatic rings. The van der Waals surface area contributed by atoms with Crippen LogP contribution in [0.3, 0.4) is 0 Å². The van der Waals surface area contributed by atoms with E-state index in [0.717, 1.165) is 36.9 Å². The molecule has 4 rings (SSSR count). The number of methoxy groups -OCH3 is 1. The monoisotopic (exact) mass is 413 g/mol. The number of carboxylic acids is 1. The lowest BCUT2D eigenvalue weighted by atomic mass is 9.81. The van der Waals surface area contributed by atoms with Gasteiger partial charge in [0.15, 0.2) is 0 Å². The lowest BCUT2D eigenvalue weighted by molar-refractivity contribution is -0.136. The van der Waals surface area contributed by atoms with Crippen LogP contribution in [0.25, 0.3) is 0 Å². The molecule has 2 aliphatic carbocycles. The summed E-state index contributed by atoms with van der Waals surface area (Å²) in [6.45, 7) is 0.631. The lowest BCUT2D eigenvalue weighted by Gasteiger charge is -2.27. The highest BCUT2D eigenvalue weighted by Gasteiger charge is 2.24. The van der Waals surface area contributed by atoms with Crippen molar-refractivity contribution in [2.75, 3.05) is 13.7 Å². The van der Waals surface area contributed by atoms with Gasteiger partial charge in [-0.3, -0.25) is 9.78 Å². The van der Waals surface area contributed by atoms with Crippen LogP contribution < -0.4 is 9.47 Å². The molecule has 7 heteroatoms. The third-order valence-electron chi connectivity index (χ3n) is 5.35. The number of hydrogen-bond acceptors (Lipinski definition) is 6. The van der Waals surface area contributed by atoms with E-state index in [0.29, 0.717) is 36.6 Å². The summed E-state index contributed by atoms with van der Waals surface area (Å²) in [6, 6.07) is 3.66. The van der Waals surface area contributed by atoms with E-state index < -0.39 is 5.97 Å². The van der Waals surface area contributed by atoms with Crippen LogP contribution in [0.2, 0.25) is 0 Å². The van der Waals surface area contributed by atoms with Crippen LogP contribution in [0.1, 0.15) is 68.5 Å². The van der Waals surface area contributed by atoms with Gasteiger partial charge in [-0.05, 0) is 49.7 Å². The summed E-state index contributed by atoms with van der Waals surface area (Å²) in [7, 11) is 1.60. The highest BCUT2D eigenvalue weighted by atomic mass is 16.5. The maximum Gasteiger partial charge on any atom is 0.303 e. The smallest absolute Gasteiger partial charge is 0.303 e. The van der Waals surface area contributed by atoms with E-state index >= 15 is 0 Å². The Labute approximate surface area is 177 Å². The number of ether oxygens (including phenoxy) is 2. The number of carbonyl (C=O) groups is 1. The van der Waals surface area contributed by atoms with Crippen LogP contribution in [0.5, 0.6) is 11.8 Å². The van der Waals surface area contributed by atoms with Crippen LogP contribution in [0.4, 0.5) is 0 Å². The number of aryl methyl sites for hydroxylation is 1. The Bertz CT molecular complexity index is 802. The molecule has 0 spiro atoms. The summed E-state index contributed by atoms with van der Waals surface area (Å²) >= 11 is 0. The van der Waals surface area contributed by atoms with Crippen molar-refractivity contribution in [3.8, 4) is 11.8 Å². The first-order chi connectivity index (χ1) is 14.6. The van der Waals surface area contributed by atoms with Gasteiger partial charge < -0.3 is 14.6 Å². The van der Waals surface area contributed by atoms with Crippen molar-refractivity contribution >= 4 is 5.97 Å². The van der Waals surface area contributed by atoms with Crippen molar-refractivity contribution in [1.82, 2.24) is 15.0 Å². The summed E-state index contributed by atoms with van der Waals surface area (Å²) in [5.41, 5.74) is 1.93. The molecule has 0 radical (unpaired) electrons. The zero-order chi connectivity index (χ0) is 21.2. The van der Waals surface area contributed by atoms with Gasteiger partial charge in [-0.2, -0.15) is 0 Å². The van der Waals surface area contributed by atoms with Crippen molar-refractivity contribution < 1.29 is 19.4 Å². The Morgan fingerprint density at radius 3 is 2.57 bits per heavy atom. The number of hydrogen-bond donors (Lipinski definition) is 1. The molecule has 2 aromatic heterocycles. The predicted octanol–water partition coefficient (Wildman–Crippen LogP) is 4.42. The topological polar surface area (TPSA) is 94.4 Å². The third-order valence-corrected chi connectivity index (χ3v) is 5.35. The minimum atomic E-state index is -0.799. The molecule has 162 valence electrons. The highest BCUT2D eigenvalue weighted by molar-refractivity contribution is 5.67. The molecule has 2 heterocycles. The van der Waals surface area contributed by atoms with Gasteiger partial charge in [-0.25, -0.2) is 9.97 Å². The second-order valence-electron chi connectivity index (χ2n) is 7.97. The average Bonchev–Trinajstić information content (AvgIpc) is 3.67. The van der Waals surface area contributed by atoms with Gasteiger partial charge in [0, 0.05) is 30.8 Å². The first kappa shape index (κ1) is 22.0. The van der Waals surface area contributed by atoms with Crippen LogP contribution in [0.15, 0.2) is 30.7 Å². The minimum Gasteiger partial charge on any atom is -0.481 e. The molecule has 2 fully saturated rings. The van der Waals surface area contributed by atoms with Gasteiger partial charge in [0.25, 0.3) is 0 Å². The molecule has 2 aliphatic rings. The molecule has 30 heavy (non-hydrogen) atoms. The Morgan fingerprint density at radius 2 is 1.90 bits per heavy atom. The number of nitrogens with zero attached hydrogens (tertiary/aromatic N) is 3. The van der Waals surface area contributed by atoms with Gasteiger partial charge in [0.05, 0.1) is 25.6 Å². The standard InChI is InChI=1S/C20H25N3O4.C3H6/c1-26-19-12-21-11-17(23-19)16-5-2-15(3-6-16)13-27-18-10-14(8-9-22-18)4-7-20(24)25;1-2-3-1/h8-12,15-16H,2-7,13H2,1H3,(H,24,25);1-3H2. The highest BCUT2D eigenvalue weighted by Crippen LogP contribution is 2.35. The zero-order valence-corrected chi connectivity index (χ0v) is 17.6. The van der Waals surface area contributed by atoms with Gasteiger partial charge in [-0.15, -0.1) is 0 Å². The quantitative estimate of drug-likeness (QED) is 0.684. The second-order valence-corrected chi connectivity index (χ2v) is 7.97. The molecule has 7 nitrogen and oxygen atoms in total. The molecule has 0 aliphatic heterocycles. The van der Waals surface area contributed by atoms with Crippen molar-refractivity contribution in [3.05, 3.63) is 42.0 Å². The Balaban J connectivity index is 0.000000782. The Kier molecular flexibility index (Phi) is 8.41. The SMILES string of the molecule is C1CC1.COc1cncc(C2CCC(COc3cc(CCC(=O)O)ccn3)CC2)n1. The summed E-state index contributed by atoms with van der Waals surface area (Å²) in [6.07, 6.45) is 14.5. The van der Waals surface area contributed by atoms with Crippen molar-refractivity contribution in [1.29, 1.82) is 0 Å². The molecule has 0 amide bonds. The summed E-state index contributed by atoms with van der Waals surface area (Å²) in [5, 5.41) is 8.79. The molecule has 0 unspecified atom stereocenters. The molecular weight excluding hydrogens is 382 g/mol. The van der Waals surface area contributed by atoms with Crippen molar-refractivity contribution in [2.24, 2.45) is 5.92 Å². The largest absolute Gasteiger partial charge is 0.481 e. The van der Waals surface area contributed by atoms with Gasteiger partial charge in [0.2, 0.25) is 11.8 Å². The second kappa shape index (κ2) is 11.5. The van der Waals surface area contributed by atoms with Gasteiger partial charge in [-0.1, -0.05) is 19.3 Å². The number of pyridine rings is 1. The van der Waals surface area contributed by atoms with E-state index in [2.05, 4.69) is 15.0 Å². The van der Waals surface area contributed by atoms with E-state index in [1.165, 1.54) is 19.3 Å². The van der Waals surface area contributed by atoms with E-state index in [1.54, 1.807) is 19.5 Å². The van der Waals surface area contributed by atoms with Crippen molar-refractivity contribution in [2.45, 2.75) is 63.7 Å². The van der Waals surface area contributed by atoms with E-state index in [-0.39, 0.29) is 6.42 Å². The molecule has 1 N–H and O–H groups in total. The fraction of sp³-hybridized carbons (Fsp3) is 0.565. The first-order valence-electron chi connectivity index (χ1n) is 10.8. The lowest BCUT2D eigenvalue weighted by Crippen LogP contribution is -2.20. The minimum absolute atomic E-state index is 0.112. The third kappa shape index (κ3) is 7.61.